The summed E-state index contributed by atoms with van der Waals surface area (Å²) < 4.78 is 5.31. The predicted octanol–water partition coefficient (Wildman–Crippen LogP) is 2.19. The van der Waals surface area contributed by atoms with E-state index >= 15 is 0 Å². The zero-order valence-corrected chi connectivity index (χ0v) is 10.4. The van der Waals surface area contributed by atoms with E-state index in [1.165, 1.54) is 5.56 Å². The van der Waals surface area contributed by atoms with Crippen LogP contribution in [0.5, 0.6) is 0 Å². The van der Waals surface area contributed by atoms with Crippen LogP contribution in [0.3, 0.4) is 0 Å². The molecule has 0 aliphatic rings. The number of furan rings is 1. The lowest BCUT2D eigenvalue weighted by molar-refractivity contribution is 0.547. The summed E-state index contributed by atoms with van der Waals surface area (Å²) in [5.74, 6) is 6.53. The summed E-state index contributed by atoms with van der Waals surface area (Å²) in [5.41, 5.74) is 4.04. The van der Waals surface area contributed by atoms with Gasteiger partial charge in [-0.3, -0.25) is 11.3 Å². The molecular weight excluding hydrogens is 208 g/mol. The molecule has 86 valence electrons. The van der Waals surface area contributed by atoms with E-state index in [1.54, 1.807) is 12.5 Å². The molecule has 3 N–H and O–H groups in total. The van der Waals surface area contributed by atoms with E-state index in [0.29, 0.717) is 6.04 Å². The van der Waals surface area contributed by atoms with Crippen LogP contribution < -0.4 is 11.3 Å². The summed E-state index contributed by atoms with van der Waals surface area (Å²) in [4.78, 5) is 0. The summed E-state index contributed by atoms with van der Waals surface area (Å²) in [6.45, 7) is 6.63. The van der Waals surface area contributed by atoms with Crippen LogP contribution in [0.15, 0.2) is 23.0 Å². The number of rotatable bonds is 5. The summed E-state index contributed by atoms with van der Waals surface area (Å²) in [6, 6.07) is 2.28. The maximum Gasteiger partial charge on any atom is 0.0935 e. The minimum absolute atomic E-state index is 0.283. The summed E-state index contributed by atoms with van der Waals surface area (Å²) in [7, 11) is 0. The number of nitrogens with one attached hydrogen (secondary N) is 1. The molecule has 0 spiro atoms. The van der Waals surface area contributed by atoms with Gasteiger partial charge in [-0.15, -0.1) is 0 Å². The van der Waals surface area contributed by atoms with Crippen molar-refractivity contribution < 1.29 is 4.42 Å². The molecule has 1 heterocycles. The van der Waals surface area contributed by atoms with Crippen molar-refractivity contribution in [3.8, 4) is 0 Å². The maximum absolute atomic E-state index is 5.52. The molecule has 0 amide bonds. The van der Waals surface area contributed by atoms with Crippen molar-refractivity contribution in [3.05, 3.63) is 24.2 Å². The number of thioether (sulfide) groups is 1. The van der Waals surface area contributed by atoms with Crippen molar-refractivity contribution in [1.29, 1.82) is 0 Å². The first kappa shape index (κ1) is 12.6. The van der Waals surface area contributed by atoms with Crippen molar-refractivity contribution >= 4 is 11.8 Å². The fourth-order valence-electron chi connectivity index (χ4n) is 1.21. The Morgan fingerprint density at radius 1 is 1.53 bits per heavy atom. The van der Waals surface area contributed by atoms with Gasteiger partial charge in [0, 0.05) is 16.5 Å². The zero-order valence-electron chi connectivity index (χ0n) is 9.62. The Morgan fingerprint density at radius 2 is 2.27 bits per heavy atom. The minimum atomic E-state index is 0.283. The number of hydrogen-bond acceptors (Lipinski definition) is 4. The van der Waals surface area contributed by atoms with Gasteiger partial charge < -0.3 is 4.42 Å². The molecule has 0 aliphatic carbocycles. The molecule has 0 saturated heterocycles. The molecule has 1 rings (SSSR count). The molecule has 0 fully saturated rings. The fraction of sp³-hybridized carbons (Fsp3) is 0.636. The number of hydrazine groups is 1. The third-order valence-corrected chi connectivity index (χ3v) is 3.45. The predicted molar refractivity (Wildman–Crippen MR) is 65.7 cm³/mol. The first-order valence-corrected chi connectivity index (χ1v) is 6.11. The van der Waals surface area contributed by atoms with Gasteiger partial charge in [-0.1, -0.05) is 20.8 Å². The van der Waals surface area contributed by atoms with E-state index in [2.05, 4.69) is 26.2 Å². The molecule has 15 heavy (non-hydrogen) atoms. The third-order valence-electron chi connectivity index (χ3n) is 2.02. The van der Waals surface area contributed by atoms with E-state index in [0.717, 1.165) is 12.2 Å². The molecule has 3 nitrogen and oxygen atoms in total. The van der Waals surface area contributed by atoms with Gasteiger partial charge in [-0.05, 0) is 18.1 Å². The Bertz CT molecular complexity index is 267. The second kappa shape index (κ2) is 5.58. The van der Waals surface area contributed by atoms with Gasteiger partial charge in [-0.2, -0.15) is 11.8 Å². The molecule has 1 unspecified atom stereocenters. The standard InChI is InChI=1S/C11H20N2OS/c1-11(2,3)15-8-10(13-12)6-9-4-5-14-7-9/h4-5,7,10,13H,6,8,12H2,1-3H3. The second-order valence-electron chi connectivity index (χ2n) is 4.62. The van der Waals surface area contributed by atoms with Crippen LogP contribution in [-0.2, 0) is 6.42 Å². The maximum atomic E-state index is 5.52. The van der Waals surface area contributed by atoms with E-state index in [9.17, 15) is 0 Å². The van der Waals surface area contributed by atoms with E-state index in [1.807, 2.05) is 17.8 Å². The molecule has 0 radical (unpaired) electrons. The van der Waals surface area contributed by atoms with E-state index in [-0.39, 0.29) is 4.75 Å². The van der Waals surface area contributed by atoms with E-state index in [4.69, 9.17) is 10.3 Å². The van der Waals surface area contributed by atoms with Crippen molar-refractivity contribution in [2.75, 3.05) is 5.75 Å². The highest BCUT2D eigenvalue weighted by Gasteiger charge is 2.15. The fourth-order valence-corrected chi connectivity index (χ4v) is 2.13. The number of nitrogens with two attached hydrogens (primary N) is 1. The van der Waals surface area contributed by atoms with Gasteiger partial charge in [0.1, 0.15) is 0 Å². The first-order valence-electron chi connectivity index (χ1n) is 5.12. The van der Waals surface area contributed by atoms with Crippen LogP contribution in [0.1, 0.15) is 26.3 Å². The molecule has 0 aliphatic heterocycles. The molecule has 0 saturated carbocycles. The lowest BCUT2D eigenvalue weighted by atomic mass is 10.1. The molecular formula is C11H20N2OS. The normalized spacial score (nSPS) is 14.1. The Hall–Kier alpha value is -0.450. The van der Waals surface area contributed by atoms with Gasteiger partial charge >= 0.3 is 0 Å². The highest BCUT2D eigenvalue weighted by Crippen LogP contribution is 2.24. The average molecular weight is 228 g/mol. The Balaban J connectivity index is 2.36. The molecule has 0 bridgehead atoms. The van der Waals surface area contributed by atoms with Gasteiger partial charge in [0.25, 0.3) is 0 Å². The first-order chi connectivity index (χ1) is 7.01. The van der Waals surface area contributed by atoms with Crippen LogP contribution >= 0.6 is 11.8 Å². The van der Waals surface area contributed by atoms with Crippen LogP contribution in [-0.4, -0.2) is 16.5 Å². The highest BCUT2D eigenvalue weighted by atomic mass is 32.2. The summed E-state index contributed by atoms with van der Waals surface area (Å²) in [5, 5.41) is 0. The van der Waals surface area contributed by atoms with Crippen molar-refractivity contribution in [1.82, 2.24) is 5.43 Å². The lowest BCUT2D eigenvalue weighted by Gasteiger charge is -2.22. The quantitative estimate of drug-likeness (QED) is 0.599. The zero-order chi connectivity index (χ0) is 11.3. The molecule has 1 aromatic heterocycles. The second-order valence-corrected chi connectivity index (χ2v) is 6.47. The van der Waals surface area contributed by atoms with Crippen LogP contribution in [0.25, 0.3) is 0 Å². The van der Waals surface area contributed by atoms with Gasteiger partial charge in [0.15, 0.2) is 0 Å². The van der Waals surface area contributed by atoms with Crippen molar-refractivity contribution in [2.24, 2.45) is 5.84 Å². The number of hydrogen-bond donors (Lipinski definition) is 2. The summed E-state index contributed by atoms with van der Waals surface area (Å²) in [6.07, 6.45) is 4.38. The van der Waals surface area contributed by atoms with Crippen LogP contribution in [0, 0.1) is 0 Å². The van der Waals surface area contributed by atoms with Gasteiger partial charge in [-0.25, -0.2) is 0 Å². The largest absolute Gasteiger partial charge is 0.472 e. The van der Waals surface area contributed by atoms with Crippen molar-refractivity contribution in [3.63, 3.8) is 0 Å². The molecule has 4 heteroatoms. The highest BCUT2D eigenvalue weighted by molar-refractivity contribution is 8.00. The third kappa shape index (κ3) is 5.25. The Morgan fingerprint density at radius 3 is 2.73 bits per heavy atom. The lowest BCUT2D eigenvalue weighted by Crippen LogP contribution is -2.39. The monoisotopic (exact) mass is 228 g/mol. The van der Waals surface area contributed by atoms with Crippen LogP contribution in [0.2, 0.25) is 0 Å². The van der Waals surface area contributed by atoms with Crippen LogP contribution in [0.4, 0.5) is 0 Å². The van der Waals surface area contributed by atoms with Gasteiger partial charge in [0.2, 0.25) is 0 Å². The van der Waals surface area contributed by atoms with Gasteiger partial charge in [0.05, 0.1) is 12.5 Å². The molecule has 1 aromatic rings. The Labute approximate surface area is 95.8 Å². The smallest absolute Gasteiger partial charge is 0.0935 e. The minimum Gasteiger partial charge on any atom is -0.472 e. The molecule has 1 atom stereocenters. The summed E-state index contributed by atoms with van der Waals surface area (Å²) >= 11 is 1.91. The SMILES string of the molecule is CC(C)(C)SCC(Cc1ccoc1)NN. The molecule has 0 aromatic carbocycles. The Kier molecular flexibility index (Phi) is 4.70. The average Bonchev–Trinajstić information content (AvgIpc) is 2.63. The van der Waals surface area contributed by atoms with E-state index < -0.39 is 0 Å². The topological polar surface area (TPSA) is 51.2 Å². The van der Waals surface area contributed by atoms with Crippen molar-refractivity contribution in [2.45, 2.75) is 38.0 Å².